The molecule has 4 heteroatoms. The van der Waals surface area contributed by atoms with Gasteiger partial charge in [0.15, 0.2) is 0 Å². The van der Waals surface area contributed by atoms with Crippen molar-refractivity contribution in [2.45, 2.75) is 25.8 Å². The SMILES string of the molecule is CC1CN(CCC(=O)O)CCCN1C. The number of nitrogens with zero attached hydrogens (tertiary/aromatic N) is 2. The van der Waals surface area contributed by atoms with Crippen molar-refractivity contribution in [1.82, 2.24) is 9.80 Å². The van der Waals surface area contributed by atoms with Crippen molar-refractivity contribution in [3.63, 3.8) is 0 Å². The Morgan fingerprint density at radius 1 is 1.50 bits per heavy atom. The minimum atomic E-state index is -0.699. The van der Waals surface area contributed by atoms with Crippen LogP contribution in [0.2, 0.25) is 0 Å². The van der Waals surface area contributed by atoms with Crippen molar-refractivity contribution in [2.24, 2.45) is 0 Å². The Morgan fingerprint density at radius 2 is 2.21 bits per heavy atom. The van der Waals surface area contributed by atoms with E-state index in [1.807, 2.05) is 0 Å². The molecule has 0 spiro atoms. The lowest BCUT2D eigenvalue weighted by molar-refractivity contribution is -0.137. The van der Waals surface area contributed by atoms with E-state index in [1.165, 1.54) is 0 Å². The average molecular weight is 200 g/mol. The molecule has 1 unspecified atom stereocenters. The minimum Gasteiger partial charge on any atom is -0.481 e. The summed E-state index contributed by atoms with van der Waals surface area (Å²) in [5, 5.41) is 8.60. The van der Waals surface area contributed by atoms with Crippen LogP contribution < -0.4 is 0 Å². The molecule has 0 amide bonds. The van der Waals surface area contributed by atoms with Gasteiger partial charge in [0.1, 0.15) is 0 Å². The zero-order valence-corrected chi connectivity index (χ0v) is 9.07. The second-order valence-corrected chi connectivity index (χ2v) is 4.13. The highest BCUT2D eigenvalue weighted by atomic mass is 16.4. The number of hydrogen-bond acceptors (Lipinski definition) is 3. The maximum absolute atomic E-state index is 10.4. The van der Waals surface area contributed by atoms with Gasteiger partial charge in [-0.05, 0) is 33.5 Å². The summed E-state index contributed by atoms with van der Waals surface area (Å²) < 4.78 is 0. The van der Waals surface area contributed by atoms with Gasteiger partial charge in [-0.15, -0.1) is 0 Å². The van der Waals surface area contributed by atoms with Gasteiger partial charge in [-0.3, -0.25) is 4.79 Å². The van der Waals surface area contributed by atoms with Crippen molar-refractivity contribution in [3.05, 3.63) is 0 Å². The summed E-state index contributed by atoms with van der Waals surface area (Å²) in [6.07, 6.45) is 1.40. The van der Waals surface area contributed by atoms with Crippen molar-refractivity contribution in [3.8, 4) is 0 Å². The number of hydrogen-bond donors (Lipinski definition) is 1. The van der Waals surface area contributed by atoms with E-state index in [0.29, 0.717) is 12.6 Å². The maximum atomic E-state index is 10.4. The molecular formula is C10H20N2O2. The molecule has 0 aromatic heterocycles. The summed E-state index contributed by atoms with van der Waals surface area (Å²) >= 11 is 0. The van der Waals surface area contributed by atoms with Gasteiger partial charge >= 0.3 is 5.97 Å². The molecule has 1 aliphatic rings. The van der Waals surface area contributed by atoms with Gasteiger partial charge < -0.3 is 14.9 Å². The Kier molecular flexibility index (Phi) is 4.35. The Balaban J connectivity index is 2.34. The molecule has 0 aromatic rings. The first-order valence-corrected chi connectivity index (χ1v) is 5.24. The number of carboxylic acids is 1. The highest BCUT2D eigenvalue weighted by molar-refractivity contribution is 5.66. The molecule has 1 heterocycles. The third-order valence-corrected chi connectivity index (χ3v) is 2.90. The van der Waals surface area contributed by atoms with E-state index in [0.717, 1.165) is 26.1 Å². The van der Waals surface area contributed by atoms with E-state index in [4.69, 9.17) is 5.11 Å². The van der Waals surface area contributed by atoms with Crippen LogP contribution in [0.15, 0.2) is 0 Å². The molecule has 0 aliphatic carbocycles. The largest absolute Gasteiger partial charge is 0.481 e. The lowest BCUT2D eigenvalue weighted by Gasteiger charge is -2.25. The van der Waals surface area contributed by atoms with Gasteiger partial charge in [0.05, 0.1) is 6.42 Å². The Labute approximate surface area is 85.5 Å². The van der Waals surface area contributed by atoms with E-state index in [2.05, 4.69) is 23.8 Å². The standard InChI is InChI=1S/C10H20N2O2/c1-9-8-12(7-4-10(13)14)6-3-5-11(9)2/h9H,3-8H2,1-2H3,(H,13,14). The predicted octanol–water partition coefficient (Wildman–Crippen LogP) is 0.487. The molecule has 1 atom stereocenters. The van der Waals surface area contributed by atoms with Gasteiger partial charge in [-0.1, -0.05) is 0 Å². The number of aliphatic carboxylic acids is 1. The first kappa shape index (κ1) is 11.5. The van der Waals surface area contributed by atoms with Crippen LogP contribution in [0.1, 0.15) is 19.8 Å². The van der Waals surface area contributed by atoms with Crippen LogP contribution in [0.5, 0.6) is 0 Å². The Bertz CT molecular complexity index is 197. The fraction of sp³-hybridized carbons (Fsp3) is 0.900. The third kappa shape index (κ3) is 3.64. The second kappa shape index (κ2) is 5.32. The summed E-state index contributed by atoms with van der Waals surface area (Å²) in [6, 6.07) is 0.534. The zero-order valence-electron chi connectivity index (χ0n) is 9.07. The fourth-order valence-corrected chi connectivity index (χ4v) is 1.83. The lowest BCUT2D eigenvalue weighted by atomic mass is 10.3. The van der Waals surface area contributed by atoms with E-state index in [9.17, 15) is 4.79 Å². The molecule has 4 nitrogen and oxygen atoms in total. The van der Waals surface area contributed by atoms with E-state index in [-0.39, 0.29) is 6.42 Å². The molecule has 0 aromatic carbocycles. The van der Waals surface area contributed by atoms with Crippen LogP contribution in [-0.4, -0.2) is 60.1 Å². The zero-order chi connectivity index (χ0) is 10.6. The van der Waals surface area contributed by atoms with E-state index in [1.54, 1.807) is 0 Å². The summed E-state index contributed by atoms with van der Waals surface area (Å²) in [5.74, 6) is -0.699. The molecule has 1 rings (SSSR count). The predicted molar refractivity (Wildman–Crippen MR) is 55.4 cm³/mol. The summed E-state index contributed by atoms with van der Waals surface area (Å²) in [6.45, 7) is 6.02. The molecule has 0 radical (unpaired) electrons. The normalized spacial score (nSPS) is 26.0. The highest BCUT2D eigenvalue weighted by Gasteiger charge is 2.18. The number of carboxylic acid groups (broad SMARTS) is 1. The van der Waals surface area contributed by atoms with Crippen LogP contribution in [0.3, 0.4) is 0 Å². The van der Waals surface area contributed by atoms with Gasteiger partial charge in [0, 0.05) is 19.1 Å². The van der Waals surface area contributed by atoms with Crippen LogP contribution in [0, 0.1) is 0 Å². The average Bonchev–Trinajstić information content (AvgIpc) is 2.26. The van der Waals surface area contributed by atoms with E-state index < -0.39 is 5.97 Å². The van der Waals surface area contributed by atoms with Crippen LogP contribution >= 0.6 is 0 Å². The quantitative estimate of drug-likeness (QED) is 0.720. The Hall–Kier alpha value is -0.610. The smallest absolute Gasteiger partial charge is 0.304 e. The molecule has 0 bridgehead atoms. The van der Waals surface area contributed by atoms with Gasteiger partial charge in [0.25, 0.3) is 0 Å². The van der Waals surface area contributed by atoms with Crippen molar-refractivity contribution in [1.29, 1.82) is 0 Å². The van der Waals surface area contributed by atoms with Crippen LogP contribution in [0.4, 0.5) is 0 Å². The molecular weight excluding hydrogens is 180 g/mol. The second-order valence-electron chi connectivity index (χ2n) is 4.13. The van der Waals surface area contributed by atoms with Crippen LogP contribution in [-0.2, 0) is 4.79 Å². The number of likely N-dealkylation sites (N-methyl/N-ethyl adjacent to an activating group) is 1. The maximum Gasteiger partial charge on any atom is 0.304 e. The molecule has 0 saturated carbocycles. The van der Waals surface area contributed by atoms with Gasteiger partial charge in [0.2, 0.25) is 0 Å². The topological polar surface area (TPSA) is 43.8 Å². The fourth-order valence-electron chi connectivity index (χ4n) is 1.83. The van der Waals surface area contributed by atoms with Crippen molar-refractivity contribution < 1.29 is 9.90 Å². The summed E-state index contributed by atoms with van der Waals surface area (Å²) in [4.78, 5) is 15.0. The monoisotopic (exact) mass is 200 g/mol. The van der Waals surface area contributed by atoms with Crippen molar-refractivity contribution in [2.75, 3.05) is 33.2 Å². The lowest BCUT2D eigenvalue weighted by Crippen LogP contribution is -2.37. The number of carbonyl (C=O) groups is 1. The molecule has 1 aliphatic heterocycles. The summed E-state index contributed by atoms with van der Waals surface area (Å²) in [7, 11) is 2.13. The highest BCUT2D eigenvalue weighted by Crippen LogP contribution is 2.07. The molecule has 14 heavy (non-hydrogen) atoms. The van der Waals surface area contributed by atoms with E-state index >= 15 is 0 Å². The summed E-state index contributed by atoms with van der Waals surface area (Å²) in [5.41, 5.74) is 0. The number of rotatable bonds is 3. The third-order valence-electron chi connectivity index (χ3n) is 2.90. The van der Waals surface area contributed by atoms with Crippen molar-refractivity contribution >= 4 is 5.97 Å². The molecule has 1 N–H and O–H groups in total. The first-order valence-electron chi connectivity index (χ1n) is 5.24. The molecule has 82 valence electrons. The minimum absolute atomic E-state index is 0.260. The molecule has 1 fully saturated rings. The Morgan fingerprint density at radius 3 is 2.86 bits per heavy atom. The van der Waals surface area contributed by atoms with Crippen LogP contribution in [0.25, 0.3) is 0 Å². The van der Waals surface area contributed by atoms with Gasteiger partial charge in [-0.2, -0.15) is 0 Å². The van der Waals surface area contributed by atoms with Gasteiger partial charge in [-0.25, -0.2) is 0 Å². The molecule has 1 saturated heterocycles. The first-order chi connectivity index (χ1) is 6.59.